The third kappa shape index (κ3) is 1.78. The molecule has 0 unspecified atom stereocenters. The molecule has 0 aromatic heterocycles. The van der Waals surface area contributed by atoms with E-state index in [-0.39, 0.29) is 5.78 Å². The molecule has 0 aromatic carbocycles. The standard InChI is InChI=1S/C10H15NO3/c1-10(2)5-6(11)4-7(12)8(10)9(13)14-3/h4,8H,5,11H2,1-3H3/t8-/m0/s1. The van der Waals surface area contributed by atoms with Gasteiger partial charge >= 0.3 is 5.97 Å². The Morgan fingerprint density at radius 3 is 2.64 bits per heavy atom. The van der Waals surface area contributed by atoms with Gasteiger partial charge in [-0.05, 0) is 11.8 Å². The van der Waals surface area contributed by atoms with Crippen LogP contribution >= 0.6 is 0 Å². The molecule has 0 aliphatic heterocycles. The topological polar surface area (TPSA) is 69.4 Å². The van der Waals surface area contributed by atoms with E-state index in [9.17, 15) is 9.59 Å². The third-order valence-electron chi connectivity index (χ3n) is 2.49. The van der Waals surface area contributed by atoms with E-state index in [0.717, 1.165) is 0 Å². The molecule has 0 bridgehead atoms. The van der Waals surface area contributed by atoms with Crippen molar-refractivity contribution in [3.05, 3.63) is 11.8 Å². The Hall–Kier alpha value is -1.32. The summed E-state index contributed by atoms with van der Waals surface area (Å²) in [6.45, 7) is 3.68. The molecule has 1 aliphatic carbocycles. The maximum Gasteiger partial charge on any atom is 0.317 e. The Bertz CT molecular complexity index is 304. The highest BCUT2D eigenvalue weighted by atomic mass is 16.5. The van der Waals surface area contributed by atoms with E-state index in [1.165, 1.54) is 13.2 Å². The average Bonchev–Trinajstić information content (AvgIpc) is 1.99. The number of carbonyl (C=O) groups excluding carboxylic acids is 2. The number of allylic oxidation sites excluding steroid dienone is 2. The molecule has 0 aromatic rings. The maximum atomic E-state index is 11.6. The summed E-state index contributed by atoms with van der Waals surface area (Å²) in [4.78, 5) is 22.9. The van der Waals surface area contributed by atoms with E-state index in [4.69, 9.17) is 5.73 Å². The number of esters is 1. The first-order valence-electron chi connectivity index (χ1n) is 4.46. The van der Waals surface area contributed by atoms with Crippen molar-refractivity contribution >= 4 is 11.8 Å². The van der Waals surface area contributed by atoms with E-state index in [1.54, 1.807) is 0 Å². The lowest BCUT2D eigenvalue weighted by molar-refractivity contribution is -0.153. The Morgan fingerprint density at radius 2 is 2.21 bits per heavy atom. The fourth-order valence-electron chi connectivity index (χ4n) is 1.88. The van der Waals surface area contributed by atoms with E-state index in [0.29, 0.717) is 12.1 Å². The predicted octanol–water partition coefficient (Wildman–Crippen LogP) is 0.617. The minimum atomic E-state index is -0.722. The van der Waals surface area contributed by atoms with Crippen LogP contribution in [0, 0.1) is 11.3 Å². The van der Waals surface area contributed by atoms with Gasteiger partial charge in [0.25, 0.3) is 0 Å². The van der Waals surface area contributed by atoms with Crippen molar-refractivity contribution in [2.75, 3.05) is 7.11 Å². The lowest BCUT2D eigenvalue weighted by Gasteiger charge is -2.33. The summed E-state index contributed by atoms with van der Waals surface area (Å²) in [5.41, 5.74) is 5.67. The second kappa shape index (κ2) is 3.44. The zero-order valence-electron chi connectivity index (χ0n) is 8.66. The number of rotatable bonds is 1. The molecule has 0 saturated carbocycles. The highest BCUT2D eigenvalue weighted by molar-refractivity contribution is 6.06. The molecular formula is C10H15NO3. The highest BCUT2D eigenvalue weighted by Gasteiger charge is 2.43. The number of hydrogen-bond acceptors (Lipinski definition) is 4. The van der Waals surface area contributed by atoms with Crippen LogP contribution in [0.4, 0.5) is 0 Å². The van der Waals surface area contributed by atoms with Crippen molar-refractivity contribution in [3.8, 4) is 0 Å². The van der Waals surface area contributed by atoms with Crippen LogP contribution in [-0.2, 0) is 14.3 Å². The number of hydrogen-bond donors (Lipinski definition) is 1. The number of ketones is 1. The Balaban J connectivity index is 3.04. The monoisotopic (exact) mass is 197 g/mol. The average molecular weight is 197 g/mol. The second-order valence-electron chi connectivity index (χ2n) is 4.24. The number of carbonyl (C=O) groups is 2. The number of ether oxygens (including phenoxy) is 1. The predicted molar refractivity (Wildman–Crippen MR) is 51.2 cm³/mol. The molecule has 78 valence electrons. The van der Waals surface area contributed by atoms with Gasteiger partial charge in [-0.1, -0.05) is 13.8 Å². The molecule has 4 nitrogen and oxygen atoms in total. The molecule has 14 heavy (non-hydrogen) atoms. The van der Waals surface area contributed by atoms with Gasteiger partial charge < -0.3 is 10.5 Å². The molecule has 0 fully saturated rings. The van der Waals surface area contributed by atoms with Crippen molar-refractivity contribution in [1.29, 1.82) is 0 Å². The van der Waals surface area contributed by atoms with Gasteiger partial charge in [-0.2, -0.15) is 0 Å². The van der Waals surface area contributed by atoms with Gasteiger partial charge in [-0.25, -0.2) is 0 Å². The minimum Gasteiger partial charge on any atom is -0.468 e. The zero-order chi connectivity index (χ0) is 10.9. The van der Waals surface area contributed by atoms with Crippen LogP contribution in [0.25, 0.3) is 0 Å². The number of methoxy groups -OCH3 is 1. The summed E-state index contributed by atoms with van der Waals surface area (Å²) in [6, 6.07) is 0. The summed E-state index contributed by atoms with van der Waals surface area (Å²) in [5.74, 6) is -1.46. The van der Waals surface area contributed by atoms with Crippen LogP contribution in [0.15, 0.2) is 11.8 Å². The molecule has 1 aliphatic rings. The Labute approximate surface area is 83.1 Å². The summed E-state index contributed by atoms with van der Waals surface area (Å²) in [7, 11) is 1.29. The van der Waals surface area contributed by atoms with Crippen LogP contribution in [0.3, 0.4) is 0 Å². The van der Waals surface area contributed by atoms with Crippen molar-refractivity contribution in [1.82, 2.24) is 0 Å². The van der Waals surface area contributed by atoms with Crippen LogP contribution in [-0.4, -0.2) is 18.9 Å². The van der Waals surface area contributed by atoms with Gasteiger partial charge in [0.1, 0.15) is 5.92 Å². The smallest absolute Gasteiger partial charge is 0.317 e. The molecule has 0 amide bonds. The van der Waals surface area contributed by atoms with E-state index in [2.05, 4.69) is 4.74 Å². The van der Waals surface area contributed by atoms with Gasteiger partial charge in [0.15, 0.2) is 5.78 Å². The van der Waals surface area contributed by atoms with E-state index < -0.39 is 17.3 Å². The maximum absolute atomic E-state index is 11.6. The molecule has 0 heterocycles. The molecule has 1 atom stereocenters. The molecule has 4 heteroatoms. The van der Waals surface area contributed by atoms with E-state index in [1.807, 2.05) is 13.8 Å². The zero-order valence-corrected chi connectivity index (χ0v) is 8.66. The third-order valence-corrected chi connectivity index (χ3v) is 2.49. The largest absolute Gasteiger partial charge is 0.468 e. The summed E-state index contributed by atoms with van der Waals surface area (Å²) >= 11 is 0. The molecule has 0 radical (unpaired) electrons. The molecule has 0 saturated heterocycles. The van der Waals surface area contributed by atoms with Crippen LogP contribution in [0.2, 0.25) is 0 Å². The van der Waals surface area contributed by atoms with Crippen molar-refractivity contribution in [3.63, 3.8) is 0 Å². The quantitative estimate of drug-likeness (QED) is 0.494. The molecule has 1 rings (SSSR count). The molecular weight excluding hydrogens is 182 g/mol. The summed E-state index contributed by atoms with van der Waals surface area (Å²) in [6.07, 6.45) is 1.87. The van der Waals surface area contributed by atoms with Crippen LogP contribution in [0.5, 0.6) is 0 Å². The second-order valence-corrected chi connectivity index (χ2v) is 4.24. The summed E-state index contributed by atoms with van der Waals surface area (Å²) < 4.78 is 4.60. The minimum absolute atomic E-state index is 0.259. The first kappa shape index (κ1) is 10.8. The first-order chi connectivity index (χ1) is 6.38. The van der Waals surface area contributed by atoms with Crippen LogP contribution < -0.4 is 5.73 Å². The molecule has 2 N–H and O–H groups in total. The fourth-order valence-corrected chi connectivity index (χ4v) is 1.88. The van der Waals surface area contributed by atoms with Crippen LogP contribution in [0.1, 0.15) is 20.3 Å². The van der Waals surface area contributed by atoms with Gasteiger partial charge in [0.2, 0.25) is 0 Å². The van der Waals surface area contributed by atoms with Gasteiger partial charge in [0, 0.05) is 11.8 Å². The van der Waals surface area contributed by atoms with Crippen molar-refractivity contribution < 1.29 is 14.3 Å². The SMILES string of the molecule is COC(=O)[C@@H]1C(=O)C=C(N)CC1(C)C. The Morgan fingerprint density at radius 1 is 1.64 bits per heavy atom. The Kier molecular flexibility index (Phi) is 2.64. The lowest BCUT2D eigenvalue weighted by Crippen LogP contribution is -2.41. The lowest BCUT2D eigenvalue weighted by atomic mass is 9.70. The van der Waals surface area contributed by atoms with Crippen molar-refractivity contribution in [2.24, 2.45) is 17.1 Å². The highest BCUT2D eigenvalue weighted by Crippen LogP contribution is 2.37. The van der Waals surface area contributed by atoms with Gasteiger partial charge in [0.05, 0.1) is 7.11 Å². The first-order valence-corrected chi connectivity index (χ1v) is 4.46. The van der Waals surface area contributed by atoms with Gasteiger partial charge in [-0.3, -0.25) is 9.59 Å². The van der Waals surface area contributed by atoms with E-state index >= 15 is 0 Å². The normalized spacial score (nSPS) is 25.5. The molecule has 0 spiro atoms. The fraction of sp³-hybridized carbons (Fsp3) is 0.600. The summed E-state index contributed by atoms with van der Waals surface area (Å²) in [5, 5.41) is 0. The number of nitrogens with two attached hydrogens (primary N) is 1. The van der Waals surface area contributed by atoms with Gasteiger partial charge in [-0.15, -0.1) is 0 Å². The van der Waals surface area contributed by atoms with Crippen molar-refractivity contribution in [2.45, 2.75) is 20.3 Å².